The number of aromatic nitrogens is 4. The largest absolute Gasteiger partial charge is 0.359 e. The summed E-state index contributed by atoms with van der Waals surface area (Å²) in [6.07, 6.45) is 4.07. The lowest BCUT2D eigenvalue weighted by Crippen LogP contribution is -2.36. The van der Waals surface area contributed by atoms with E-state index in [-0.39, 0.29) is 6.04 Å². The summed E-state index contributed by atoms with van der Waals surface area (Å²) in [6, 6.07) is 0.119. The quantitative estimate of drug-likeness (QED) is 0.825. The van der Waals surface area contributed by atoms with Crippen LogP contribution in [-0.4, -0.2) is 24.7 Å². The molecule has 0 aliphatic rings. The van der Waals surface area contributed by atoms with Gasteiger partial charge >= 0.3 is 0 Å². The predicted octanol–water partition coefficient (Wildman–Crippen LogP) is 1.98. The van der Waals surface area contributed by atoms with Crippen molar-refractivity contribution in [2.24, 2.45) is 7.05 Å². The molecule has 2 rings (SSSR count). The summed E-state index contributed by atoms with van der Waals surface area (Å²) < 4.78 is 3.76. The van der Waals surface area contributed by atoms with Crippen LogP contribution in [0.1, 0.15) is 42.4 Å². The van der Waals surface area contributed by atoms with Crippen LogP contribution in [0.25, 0.3) is 0 Å². The molecule has 2 aromatic heterocycles. The first-order valence-corrected chi connectivity index (χ1v) is 7.89. The molecule has 0 aliphatic heterocycles. The molecule has 0 saturated heterocycles. The lowest BCUT2D eigenvalue weighted by Gasteiger charge is -2.16. The number of hydrogen-bond donors (Lipinski definition) is 2. The van der Waals surface area contributed by atoms with E-state index in [2.05, 4.69) is 40.9 Å². The van der Waals surface area contributed by atoms with Crippen molar-refractivity contribution in [3.8, 4) is 0 Å². The average Bonchev–Trinajstić information content (AvgIpc) is 2.98. The first-order chi connectivity index (χ1) is 10.4. The van der Waals surface area contributed by atoms with Gasteiger partial charge in [-0.25, -0.2) is 0 Å². The monoisotopic (exact) mass is 320 g/mol. The molecule has 1 unspecified atom stereocenters. The van der Waals surface area contributed by atoms with E-state index >= 15 is 0 Å². The van der Waals surface area contributed by atoms with Crippen molar-refractivity contribution in [1.82, 2.24) is 30.2 Å². The van der Waals surface area contributed by atoms with Gasteiger partial charge in [0.05, 0.1) is 17.4 Å². The molecule has 2 heterocycles. The van der Waals surface area contributed by atoms with Crippen molar-refractivity contribution in [3.05, 3.63) is 34.9 Å². The minimum absolute atomic E-state index is 0.119. The molecule has 7 heteroatoms. The number of aryl methyl sites for hydroxylation is 4. The van der Waals surface area contributed by atoms with Crippen LogP contribution < -0.4 is 10.6 Å². The van der Waals surface area contributed by atoms with Crippen LogP contribution in [0.3, 0.4) is 0 Å². The fourth-order valence-corrected chi connectivity index (χ4v) is 2.69. The Labute approximate surface area is 136 Å². The number of nitrogens with zero attached hydrogens (tertiary/aromatic N) is 4. The lowest BCUT2D eigenvalue weighted by atomic mass is 10.1. The molecule has 0 saturated carbocycles. The fraction of sp³-hybridized carbons (Fsp3) is 0.533. The highest BCUT2D eigenvalue weighted by molar-refractivity contribution is 7.80. The Morgan fingerprint density at radius 2 is 2.00 bits per heavy atom. The molecule has 0 spiro atoms. The highest BCUT2D eigenvalue weighted by atomic mass is 32.1. The maximum absolute atomic E-state index is 5.38. The Hall–Kier alpha value is -1.89. The van der Waals surface area contributed by atoms with E-state index in [0.29, 0.717) is 11.7 Å². The van der Waals surface area contributed by atoms with Crippen molar-refractivity contribution >= 4 is 17.3 Å². The van der Waals surface area contributed by atoms with E-state index < -0.39 is 0 Å². The number of hydrogen-bond acceptors (Lipinski definition) is 3. The van der Waals surface area contributed by atoms with Crippen molar-refractivity contribution in [3.63, 3.8) is 0 Å². The van der Waals surface area contributed by atoms with Gasteiger partial charge in [0.25, 0.3) is 0 Å². The van der Waals surface area contributed by atoms with Gasteiger partial charge in [0.15, 0.2) is 5.11 Å². The highest BCUT2D eigenvalue weighted by Gasteiger charge is 2.13. The van der Waals surface area contributed by atoms with Crippen LogP contribution in [-0.2, 0) is 20.1 Å². The standard InChI is InChI=1S/C15H24N6S/c1-6-21-8-13(10(2)19-21)7-16-15(22)17-11(3)14-9-20(5)18-12(14)4/h8-9,11H,6-7H2,1-5H3,(H2,16,17,22). The van der Waals surface area contributed by atoms with E-state index in [0.717, 1.165) is 29.1 Å². The Morgan fingerprint density at radius 3 is 2.55 bits per heavy atom. The minimum Gasteiger partial charge on any atom is -0.359 e. The van der Waals surface area contributed by atoms with Crippen LogP contribution in [0, 0.1) is 13.8 Å². The van der Waals surface area contributed by atoms with Gasteiger partial charge in [-0.15, -0.1) is 0 Å². The number of nitrogens with one attached hydrogen (secondary N) is 2. The van der Waals surface area contributed by atoms with Crippen molar-refractivity contribution in [2.45, 2.75) is 46.8 Å². The molecular formula is C15H24N6S. The SMILES string of the molecule is CCn1cc(CNC(=S)NC(C)c2cn(C)nc2C)c(C)n1. The molecule has 1 atom stereocenters. The third-order valence-electron chi connectivity index (χ3n) is 3.68. The summed E-state index contributed by atoms with van der Waals surface area (Å²) in [5.41, 5.74) is 4.37. The Kier molecular flexibility index (Phi) is 5.18. The van der Waals surface area contributed by atoms with E-state index in [1.54, 1.807) is 0 Å². The minimum atomic E-state index is 0.119. The topological polar surface area (TPSA) is 59.7 Å². The second kappa shape index (κ2) is 6.91. The second-order valence-electron chi connectivity index (χ2n) is 5.49. The summed E-state index contributed by atoms with van der Waals surface area (Å²) in [4.78, 5) is 0. The van der Waals surface area contributed by atoms with Crippen LogP contribution in [0.4, 0.5) is 0 Å². The fourth-order valence-electron chi connectivity index (χ4n) is 2.44. The molecule has 6 nitrogen and oxygen atoms in total. The van der Waals surface area contributed by atoms with Crippen molar-refractivity contribution < 1.29 is 0 Å². The second-order valence-corrected chi connectivity index (χ2v) is 5.90. The van der Waals surface area contributed by atoms with E-state index in [9.17, 15) is 0 Å². The van der Waals surface area contributed by atoms with Gasteiger partial charge < -0.3 is 10.6 Å². The molecule has 0 bridgehead atoms. The molecular weight excluding hydrogens is 296 g/mol. The van der Waals surface area contributed by atoms with Gasteiger partial charge in [0, 0.05) is 43.7 Å². The van der Waals surface area contributed by atoms with Crippen LogP contribution in [0.2, 0.25) is 0 Å². The molecule has 0 aliphatic carbocycles. The van der Waals surface area contributed by atoms with Crippen LogP contribution in [0.5, 0.6) is 0 Å². The van der Waals surface area contributed by atoms with Gasteiger partial charge in [-0.2, -0.15) is 10.2 Å². The van der Waals surface area contributed by atoms with Gasteiger partial charge in [0.2, 0.25) is 0 Å². The maximum atomic E-state index is 5.38. The summed E-state index contributed by atoms with van der Waals surface area (Å²) in [5, 5.41) is 16.0. The van der Waals surface area contributed by atoms with Gasteiger partial charge in [-0.05, 0) is 39.9 Å². The first kappa shape index (κ1) is 16.5. The number of rotatable bonds is 5. The molecule has 2 aromatic rings. The van der Waals surface area contributed by atoms with E-state index in [1.165, 1.54) is 0 Å². The Balaban J connectivity index is 1.90. The Morgan fingerprint density at radius 1 is 1.27 bits per heavy atom. The molecule has 0 radical (unpaired) electrons. The van der Waals surface area contributed by atoms with Crippen molar-refractivity contribution in [2.75, 3.05) is 0 Å². The average molecular weight is 320 g/mol. The molecule has 0 aromatic carbocycles. The van der Waals surface area contributed by atoms with E-state index in [4.69, 9.17) is 12.2 Å². The maximum Gasteiger partial charge on any atom is 0.167 e. The molecule has 22 heavy (non-hydrogen) atoms. The van der Waals surface area contributed by atoms with Crippen molar-refractivity contribution in [1.29, 1.82) is 0 Å². The van der Waals surface area contributed by atoms with Gasteiger partial charge in [-0.1, -0.05) is 0 Å². The zero-order chi connectivity index (χ0) is 16.3. The zero-order valence-electron chi connectivity index (χ0n) is 13.8. The first-order valence-electron chi connectivity index (χ1n) is 7.48. The van der Waals surface area contributed by atoms with E-state index in [1.807, 2.05) is 36.5 Å². The normalized spacial score (nSPS) is 12.2. The third kappa shape index (κ3) is 3.85. The smallest absolute Gasteiger partial charge is 0.167 e. The lowest BCUT2D eigenvalue weighted by molar-refractivity contribution is 0.653. The summed E-state index contributed by atoms with van der Waals surface area (Å²) in [6.45, 7) is 9.73. The molecule has 0 fully saturated rings. The highest BCUT2D eigenvalue weighted by Crippen LogP contribution is 2.15. The third-order valence-corrected chi connectivity index (χ3v) is 3.94. The summed E-state index contributed by atoms with van der Waals surface area (Å²) >= 11 is 5.38. The van der Waals surface area contributed by atoms with Gasteiger partial charge in [0.1, 0.15) is 0 Å². The molecule has 2 N–H and O–H groups in total. The number of thiocarbonyl (C=S) groups is 1. The Bertz CT molecular complexity index is 657. The van der Waals surface area contributed by atoms with Crippen LogP contribution >= 0.6 is 12.2 Å². The van der Waals surface area contributed by atoms with Crippen LogP contribution in [0.15, 0.2) is 12.4 Å². The predicted molar refractivity (Wildman–Crippen MR) is 91.6 cm³/mol. The summed E-state index contributed by atoms with van der Waals surface area (Å²) in [5.74, 6) is 0. The molecule has 120 valence electrons. The summed E-state index contributed by atoms with van der Waals surface area (Å²) in [7, 11) is 1.92. The van der Waals surface area contributed by atoms with Gasteiger partial charge in [-0.3, -0.25) is 9.36 Å². The zero-order valence-corrected chi connectivity index (χ0v) is 14.7. The molecule has 0 amide bonds.